The number of morpholine rings is 1. The number of nitrogens with zero attached hydrogens (tertiary/aromatic N) is 2. The second-order valence-corrected chi connectivity index (χ2v) is 9.87. The molecule has 0 saturated carbocycles. The van der Waals surface area contributed by atoms with E-state index in [9.17, 15) is 19.2 Å². The average molecular weight is 560 g/mol. The number of thioether (sulfide) groups is 1. The molecule has 10 nitrogen and oxygen atoms in total. The Kier molecular flexibility index (Phi) is 8.93. The highest BCUT2D eigenvalue weighted by molar-refractivity contribution is 8.18. The molecule has 2 fully saturated rings. The molecule has 0 aromatic heterocycles. The van der Waals surface area contributed by atoms with Crippen molar-refractivity contribution in [3.8, 4) is 11.5 Å². The van der Waals surface area contributed by atoms with Crippen molar-refractivity contribution in [3.63, 3.8) is 0 Å². The summed E-state index contributed by atoms with van der Waals surface area (Å²) in [4.78, 5) is 52.9. The summed E-state index contributed by atoms with van der Waals surface area (Å²) < 4.78 is 16.3. The molecule has 2 heterocycles. The van der Waals surface area contributed by atoms with Crippen LogP contribution in [0.4, 0.5) is 10.5 Å². The van der Waals surface area contributed by atoms with Gasteiger partial charge in [0, 0.05) is 23.8 Å². The first-order valence-electron chi connectivity index (χ1n) is 11.7. The van der Waals surface area contributed by atoms with Crippen LogP contribution in [-0.4, -0.2) is 79.3 Å². The highest BCUT2D eigenvalue weighted by atomic mass is 35.5. The molecule has 0 spiro atoms. The number of imide groups is 1. The molecule has 2 aromatic rings. The number of nitrogens with one attached hydrogen (secondary N) is 1. The average Bonchev–Trinajstić information content (AvgIpc) is 3.17. The van der Waals surface area contributed by atoms with Gasteiger partial charge in [-0.05, 0) is 60.2 Å². The molecule has 200 valence electrons. The molecule has 0 aliphatic carbocycles. The maximum absolute atomic E-state index is 12.9. The van der Waals surface area contributed by atoms with Gasteiger partial charge in [-0.25, -0.2) is 0 Å². The van der Waals surface area contributed by atoms with Gasteiger partial charge >= 0.3 is 0 Å². The van der Waals surface area contributed by atoms with Gasteiger partial charge in [0.25, 0.3) is 17.1 Å². The molecular weight excluding hydrogens is 534 g/mol. The van der Waals surface area contributed by atoms with Gasteiger partial charge < -0.3 is 24.4 Å². The van der Waals surface area contributed by atoms with Crippen molar-refractivity contribution >= 4 is 58.1 Å². The van der Waals surface area contributed by atoms with Gasteiger partial charge in [-0.1, -0.05) is 23.7 Å². The highest BCUT2D eigenvalue weighted by Crippen LogP contribution is 2.34. The molecule has 4 amide bonds. The summed E-state index contributed by atoms with van der Waals surface area (Å²) in [5.74, 6) is -0.519. The van der Waals surface area contributed by atoms with Crippen LogP contribution in [0.2, 0.25) is 5.02 Å². The van der Waals surface area contributed by atoms with Crippen molar-refractivity contribution in [2.75, 3.05) is 51.9 Å². The molecule has 38 heavy (non-hydrogen) atoms. The predicted molar refractivity (Wildman–Crippen MR) is 143 cm³/mol. The lowest BCUT2D eigenvalue weighted by Gasteiger charge is -2.26. The Morgan fingerprint density at radius 2 is 1.89 bits per heavy atom. The van der Waals surface area contributed by atoms with Crippen molar-refractivity contribution < 1.29 is 33.4 Å². The maximum Gasteiger partial charge on any atom is 0.294 e. The van der Waals surface area contributed by atoms with Crippen molar-refractivity contribution in [3.05, 3.63) is 57.5 Å². The van der Waals surface area contributed by atoms with Crippen LogP contribution >= 0.6 is 23.4 Å². The van der Waals surface area contributed by atoms with Crippen LogP contribution in [0, 0.1) is 6.92 Å². The molecular formula is C26H26ClN3O7S. The van der Waals surface area contributed by atoms with E-state index in [0.29, 0.717) is 54.1 Å². The van der Waals surface area contributed by atoms with Gasteiger partial charge in [0.1, 0.15) is 6.54 Å². The van der Waals surface area contributed by atoms with E-state index in [1.807, 2.05) is 6.92 Å². The SMILES string of the molecule is COc1cc(/C=C2\SC(=O)N(CC(=O)Nc3ccc(C)c(Cl)c3)C2=O)ccc1OCC(=O)N1CCOCC1. The third kappa shape index (κ3) is 6.66. The van der Waals surface area contributed by atoms with E-state index in [1.165, 1.54) is 13.2 Å². The first kappa shape index (κ1) is 27.5. The Labute approximate surface area is 228 Å². The van der Waals surface area contributed by atoms with E-state index in [2.05, 4.69) is 5.32 Å². The number of carbonyl (C=O) groups excluding carboxylic acids is 4. The van der Waals surface area contributed by atoms with Crippen LogP contribution in [-0.2, 0) is 19.1 Å². The molecule has 2 aliphatic heterocycles. The Morgan fingerprint density at radius 1 is 1.13 bits per heavy atom. The number of hydrogen-bond donors (Lipinski definition) is 1. The topological polar surface area (TPSA) is 114 Å². The molecule has 2 aliphatic rings. The minimum Gasteiger partial charge on any atom is -0.493 e. The minimum absolute atomic E-state index is 0.147. The van der Waals surface area contributed by atoms with E-state index in [1.54, 1.807) is 41.3 Å². The zero-order chi connectivity index (χ0) is 27.2. The first-order valence-corrected chi connectivity index (χ1v) is 12.9. The summed E-state index contributed by atoms with van der Waals surface area (Å²) in [5, 5.41) is 2.59. The third-order valence-corrected chi connectivity index (χ3v) is 7.15. The number of methoxy groups -OCH3 is 1. The van der Waals surface area contributed by atoms with Gasteiger partial charge in [0.2, 0.25) is 5.91 Å². The zero-order valence-electron chi connectivity index (χ0n) is 20.8. The Hall–Kier alpha value is -3.54. The fraction of sp³-hybridized carbons (Fsp3) is 0.308. The van der Waals surface area contributed by atoms with Crippen LogP contribution < -0.4 is 14.8 Å². The number of benzene rings is 2. The second kappa shape index (κ2) is 12.3. The van der Waals surface area contributed by atoms with Gasteiger partial charge in [0.05, 0.1) is 25.2 Å². The van der Waals surface area contributed by atoms with Gasteiger partial charge in [-0.15, -0.1) is 0 Å². The normalized spacial score (nSPS) is 16.7. The van der Waals surface area contributed by atoms with Gasteiger partial charge in [0.15, 0.2) is 18.1 Å². The van der Waals surface area contributed by atoms with E-state index in [-0.39, 0.29) is 17.4 Å². The first-order chi connectivity index (χ1) is 18.2. The summed E-state index contributed by atoms with van der Waals surface area (Å²) in [6, 6.07) is 9.98. The summed E-state index contributed by atoms with van der Waals surface area (Å²) in [7, 11) is 1.46. The Bertz CT molecular complexity index is 1290. The maximum atomic E-state index is 12.9. The van der Waals surface area contributed by atoms with E-state index in [4.69, 9.17) is 25.8 Å². The van der Waals surface area contributed by atoms with Crippen molar-refractivity contribution in [1.29, 1.82) is 0 Å². The number of rotatable bonds is 8. The van der Waals surface area contributed by atoms with Crippen molar-refractivity contribution in [1.82, 2.24) is 9.80 Å². The van der Waals surface area contributed by atoms with Gasteiger partial charge in [-0.2, -0.15) is 0 Å². The summed E-state index contributed by atoms with van der Waals surface area (Å²) in [6.45, 7) is 3.31. The zero-order valence-corrected chi connectivity index (χ0v) is 22.4. The number of aryl methyl sites for hydroxylation is 1. The largest absolute Gasteiger partial charge is 0.493 e. The lowest BCUT2D eigenvalue weighted by Crippen LogP contribution is -2.43. The molecule has 4 rings (SSSR count). The third-order valence-electron chi connectivity index (χ3n) is 5.83. The smallest absolute Gasteiger partial charge is 0.294 e. The fourth-order valence-electron chi connectivity index (χ4n) is 3.74. The molecule has 12 heteroatoms. The van der Waals surface area contributed by atoms with Crippen molar-refractivity contribution in [2.24, 2.45) is 0 Å². The molecule has 2 saturated heterocycles. The Morgan fingerprint density at radius 3 is 2.61 bits per heavy atom. The number of ether oxygens (including phenoxy) is 3. The van der Waals surface area contributed by atoms with Crippen LogP contribution in [0.5, 0.6) is 11.5 Å². The van der Waals surface area contributed by atoms with Gasteiger partial charge in [-0.3, -0.25) is 24.1 Å². The quantitative estimate of drug-likeness (QED) is 0.488. The molecule has 0 radical (unpaired) electrons. The van der Waals surface area contributed by atoms with E-state index in [0.717, 1.165) is 22.2 Å². The number of anilines is 1. The number of hydrogen-bond acceptors (Lipinski definition) is 8. The fourth-order valence-corrected chi connectivity index (χ4v) is 4.76. The second-order valence-electron chi connectivity index (χ2n) is 8.47. The highest BCUT2D eigenvalue weighted by Gasteiger charge is 2.36. The summed E-state index contributed by atoms with van der Waals surface area (Å²) >= 11 is 6.83. The standard InChI is InChI=1S/C26H26ClN3O7S/c1-16-3-5-18(13-19(16)27)28-23(31)14-30-25(33)22(38-26(30)34)12-17-4-6-20(21(11-17)35-2)37-15-24(32)29-7-9-36-10-8-29/h3-6,11-13H,7-10,14-15H2,1-2H3,(H,28,31)/b22-12-. The van der Waals surface area contributed by atoms with E-state index < -0.39 is 23.6 Å². The van der Waals surface area contributed by atoms with Crippen LogP contribution in [0.3, 0.4) is 0 Å². The minimum atomic E-state index is -0.576. The molecule has 1 N–H and O–H groups in total. The number of halogens is 1. The predicted octanol–water partition coefficient (Wildman–Crippen LogP) is 3.57. The molecule has 0 bridgehead atoms. The van der Waals surface area contributed by atoms with Crippen LogP contribution in [0.25, 0.3) is 6.08 Å². The summed E-state index contributed by atoms with van der Waals surface area (Å²) in [5.41, 5.74) is 1.91. The lowest BCUT2D eigenvalue weighted by atomic mass is 10.2. The van der Waals surface area contributed by atoms with Crippen LogP contribution in [0.15, 0.2) is 41.3 Å². The number of carbonyl (C=O) groups is 4. The Balaban J connectivity index is 1.38. The monoisotopic (exact) mass is 559 g/mol. The molecule has 0 atom stereocenters. The van der Waals surface area contributed by atoms with E-state index >= 15 is 0 Å². The van der Waals surface area contributed by atoms with Crippen LogP contribution in [0.1, 0.15) is 11.1 Å². The lowest BCUT2D eigenvalue weighted by molar-refractivity contribution is -0.137. The van der Waals surface area contributed by atoms with Crippen molar-refractivity contribution in [2.45, 2.75) is 6.92 Å². The number of amides is 4. The summed E-state index contributed by atoms with van der Waals surface area (Å²) in [6.07, 6.45) is 1.54. The molecule has 2 aromatic carbocycles. The molecule has 0 unspecified atom stereocenters.